The van der Waals surface area contributed by atoms with Gasteiger partial charge in [0.1, 0.15) is 11.6 Å². The molecule has 20 heavy (non-hydrogen) atoms. The van der Waals surface area contributed by atoms with Gasteiger partial charge in [-0.15, -0.1) is 0 Å². The molecular weight excluding hydrogens is 258 g/mol. The fraction of sp³-hybridized carbons (Fsp3) is 0.867. The van der Waals surface area contributed by atoms with Crippen LogP contribution in [0.3, 0.4) is 0 Å². The number of hydrogen-bond acceptors (Lipinski definition) is 4. The van der Waals surface area contributed by atoms with Crippen LogP contribution in [0.4, 0.5) is 4.79 Å². The van der Waals surface area contributed by atoms with Crippen molar-refractivity contribution in [1.82, 2.24) is 4.90 Å². The maximum absolute atomic E-state index is 12.3. The molecule has 0 N–H and O–H groups in total. The molecule has 0 aromatic heterocycles. The lowest BCUT2D eigenvalue weighted by molar-refractivity contribution is -0.151. The molecule has 0 saturated carbocycles. The third-order valence-corrected chi connectivity index (χ3v) is 3.60. The van der Waals surface area contributed by atoms with E-state index in [1.165, 1.54) is 12.0 Å². The molecule has 0 aliphatic carbocycles. The molecule has 1 saturated heterocycles. The van der Waals surface area contributed by atoms with Crippen molar-refractivity contribution in [2.24, 2.45) is 11.8 Å². The molecule has 1 heterocycles. The van der Waals surface area contributed by atoms with E-state index in [-0.39, 0.29) is 11.9 Å². The van der Waals surface area contributed by atoms with Crippen LogP contribution in [0.15, 0.2) is 0 Å². The van der Waals surface area contributed by atoms with Gasteiger partial charge in [-0.25, -0.2) is 9.59 Å². The van der Waals surface area contributed by atoms with Gasteiger partial charge in [-0.2, -0.15) is 0 Å². The molecule has 0 bridgehead atoms. The van der Waals surface area contributed by atoms with Gasteiger partial charge in [0.05, 0.1) is 7.11 Å². The largest absolute Gasteiger partial charge is 0.467 e. The normalized spacial score (nSPS) is 23.6. The summed E-state index contributed by atoms with van der Waals surface area (Å²) >= 11 is 0. The van der Waals surface area contributed by atoms with Crippen LogP contribution in [0, 0.1) is 11.8 Å². The topological polar surface area (TPSA) is 55.8 Å². The van der Waals surface area contributed by atoms with Crippen LogP contribution in [0.1, 0.15) is 47.5 Å². The van der Waals surface area contributed by atoms with E-state index in [4.69, 9.17) is 9.47 Å². The summed E-state index contributed by atoms with van der Waals surface area (Å²) in [4.78, 5) is 25.9. The number of amides is 1. The molecule has 1 rings (SSSR count). The Labute approximate surface area is 121 Å². The second-order valence-corrected chi connectivity index (χ2v) is 6.69. The number of carbonyl (C=O) groups is 2. The molecule has 0 aromatic rings. The molecular formula is C15H27NO4. The third kappa shape index (κ3) is 4.12. The van der Waals surface area contributed by atoms with Crippen molar-refractivity contribution in [1.29, 1.82) is 0 Å². The zero-order valence-corrected chi connectivity index (χ0v) is 13.4. The van der Waals surface area contributed by atoms with Crippen molar-refractivity contribution < 1.29 is 19.1 Å². The average molecular weight is 285 g/mol. The monoisotopic (exact) mass is 285 g/mol. The quantitative estimate of drug-likeness (QED) is 0.732. The maximum atomic E-state index is 12.3. The summed E-state index contributed by atoms with van der Waals surface area (Å²) in [7, 11) is 1.36. The lowest BCUT2D eigenvalue weighted by Gasteiger charge is -2.41. The van der Waals surface area contributed by atoms with Crippen LogP contribution < -0.4 is 0 Å². The first kappa shape index (κ1) is 16.8. The number of nitrogens with zero attached hydrogens (tertiary/aromatic N) is 1. The molecule has 1 aliphatic heterocycles. The van der Waals surface area contributed by atoms with E-state index in [1.807, 2.05) is 20.8 Å². The highest BCUT2D eigenvalue weighted by Crippen LogP contribution is 2.31. The first-order valence-electron chi connectivity index (χ1n) is 7.25. The van der Waals surface area contributed by atoms with Gasteiger partial charge in [-0.3, -0.25) is 4.90 Å². The molecule has 0 aromatic carbocycles. The first-order valence-corrected chi connectivity index (χ1v) is 7.25. The van der Waals surface area contributed by atoms with Crippen molar-refractivity contribution in [2.45, 2.75) is 59.1 Å². The van der Waals surface area contributed by atoms with Crippen molar-refractivity contribution in [2.75, 3.05) is 13.7 Å². The summed E-state index contributed by atoms with van der Waals surface area (Å²) in [6.07, 6.45) is 1.38. The molecule has 5 heteroatoms. The minimum absolute atomic E-state index is 0.115. The van der Waals surface area contributed by atoms with Crippen LogP contribution in [-0.2, 0) is 14.3 Å². The summed E-state index contributed by atoms with van der Waals surface area (Å²) in [6, 6.07) is -0.538. The van der Waals surface area contributed by atoms with Gasteiger partial charge in [0.2, 0.25) is 0 Å². The van der Waals surface area contributed by atoms with E-state index in [1.54, 1.807) is 0 Å². The summed E-state index contributed by atoms with van der Waals surface area (Å²) in [6.45, 7) is 10.1. The second kappa shape index (κ2) is 6.46. The number of methoxy groups -OCH3 is 1. The van der Waals surface area contributed by atoms with E-state index in [0.29, 0.717) is 12.5 Å². The lowest BCUT2D eigenvalue weighted by Crippen LogP contribution is -2.55. The van der Waals surface area contributed by atoms with Crippen LogP contribution in [-0.4, -0.2) is 42.3 Å². The van der Waals surface area contributed by atoms with Crippen LogP contribution in [0.25, 0.3) is 0 Å². The summed E-state index contributed by atoms with van der Waals surface area (Å²) in [5.74, 6) is 0.0716. The molecule has 2 atom stereocenters. The predicted molar refractivity (Wildman–Crippen MR) is 76.3 cm³/mol. The third-order valence-electron chi connectivity index (χ3n) is 3.60. The Morgan fingerprint density at radius 1 is 1.25 bits per heavy atom. The first-order chi connectivity index (χ1) is 9.17. The molecule has 5 nitrogen and oxygen atoms in total. The number of likely N-dealkylation sites (tertiary alicyclic amines) is 1. The van der Waals surface area contributed by atoms with Gasteiger partial charge in [0.25, 0.3) is 0 Å². The van der Waals surface area contributed by atoms with E-state index >= 15 is 0 Å². The number of piperidine rings is 1. The standard InChI is InChI=1S/C15H27NO4/c1-10(2)11-8-7-9-16(12(11)13(17)19-6)14(18)20-15(3,4)5/h10-12H,7-9H2,1-6H3/t11-,12-/m0/s1. The second-order valence-electron chi connectivity index (χ2n) is 6.69. The van der Waals surface area contributed by atoms with Gasteiger partial charge in [0, 0.05) is 6.54 Å². The fourth-order valence-electron chi connectivity index (χ4n) is 2.67. The minimum Gasteiger partial charge on any atom is -0.467 e. The number of hydrogen-bond donors (Lipinski definition) is 0. The Morgan fingerprint density at radius 3 is 2.30 bits per heavy atom. The number of rotatable bonds is 2. The van der Waals surface area contributed by atoms with E-state index in [2.05, 4.69) is 13.8 Å². The molecule has 0 spiro atoms. The Morgan fingerprint density at radius 2 is 1.85 bits per heavy atom. The molecule has 0 unspecified atom stereocenters. The van der Waals surface area contributed by atoms with Crippen molar-refractivity contribution >= 4 is 12.1 Å². The number of ether oxygens (including phenoxy) is 2. The summed E-state index contributed by atoms with van der Waals surface area (Å²) in [5.41, 5.74) is -0.567. The Balaban J connectivity index is 2.96. The van der Waals surface area contributed by atoms with Gasteiger partial charge in [-0.05, 0) is 45.4 Å². The van der Waals surface area contributed by atoms with Crippen LogP contribution in [0.2, 0.25) is 0 Å². The Kier molecular flexibility index (Phi) is 5.42. The molecule has 1 fully saturated rings. The molecule has 1 aliphatic rings. The number of esters is 1. The predicted octanol–water partition coefficient (Wildman–Crippen LogP) is 2.83. The SMILES string of the molecule is COC(=O)[C@@H]1[C@H](C(C)C)CCCN1C(=O)OC(C)(C)C. The molecule has 116 valence electrons. The van der Waals surface area contributed by atoms with Gasteiger partial charge in [-0.1, -0.05) is 13.8 Å². The van der Waals surface area contributed by atoms with E-state index in [0.717, 1.165) is 12.8 Å². The minimum atomic E-state index is -0.567. The van der Waals surface area contributed by atoms with Gasteiger partial charge >= 0.3 is 12.1 Å². The molecule has 1 amide bonds. The van der Waals surface area contributed by atoms with Crippen LogP contribution >= 0.6 is 0 Å². The van der Waals surface area contributed by atoms with Gasteiger partial charge in [0.15, 0.2) is 0 Å². The van der Waals surface area contributed by atoms with E-state index < -0.39 is 17.7 Å². The van der Waals surface area contributed by atoms with Gasteiger partial charge < -0.3 is 9.47 Å². The lowest BCUT2D eigenvalue weighted by atomic mass is 9.81. The highest BCUT2D eigenvalue weighted by atomic mass is 16.6. The highest BCUT2D eigenvalue weighted by Gasteiger charge is 2.42. The van der Waals surface area contributed by atoms with Crippen molar-refractivity contribution in [3.8, 4) is 0 Å². The maximum Gasteiger partial charge on any atom is 0.411 e. The zero-order valence-electron chi connectivity index (χ0n) is 13.4. The smallest absolute Gasteiger partial charge is 0.411 e. The van der Waals surface area contributed by atoms with Crippen molar-refractivity contribution in [3.63, 3.8) is 0 Å². The average Bonchev–Trinajstić information content (AvgIpc) is 2.34. The summed E-state index contributed by atoms with van der Waals surface area (Å²) in [5, 5.41) is 0. The number of carbonyl (C=O) groups excluding carboxylic acids is 2. The van der Waals surface area contributed by atoms with E-state index in [9.17, 15) is 9.59 Å². The fourth-order valence-corrected chi connectivity index (χ4v) is 2.67. The Bertz CT molecular complexity index is 359. The zero-order chi connectivity index (χ0) is 15.5. The highest BCUT2D eigenvalue weighted by molar-refractivity contribution is 5.82. The van der Waals surface area contributed by atoms with Crippen LogP contribution in [0.5, 0.6) is 0 Å². The van der Waals surface area contributed by atoms with Crippen molar-refractivity contribution in [3.05, 3.63) is 0 Å². The Hall–Kier alpha value is -1.26. The molecule has 0 radical (unpaired) electrons. The summed E-state index contributed by atoms with van der Waals surface area (Å²) < 4.78 is 10.3.